The number of phenolic OH excluding ortho intramolecular Hbond substituents is 1. The number of pyridine rings is 1. The molecule has 0 saturated carbocycles. The van der Waals surface area contributed by atoms with Crippen molar-refractivity contribution in [1.82, 2.24) is 4.98 Å². The summed E-state index contributed by atoms with van der Waals surface area (Å²) in [6, 6.07) is 13.1. The van der Waals surface area contributed by atoms with Gasteiger partial charge in [0.15, 0.2) is 11.5 Å². The summed E-state index contributed by atoms with van der Waals surface area (Å²) in [5, 5.41) is 28.2. The van der Waals surface area contributed by atoms with Crippen LogP contribution < -0.4 is 4.74 Å². The monoisotopic (exact) mass is 359 g/mol. The lowest BCUT2D eigenvalue weighted by atomic mass is 9.91. The van der Waals surface area contributed by atoms with Gasteiger partial charge in [0.1, 0.15) is 11.9 Å². The van der Waals surface area contributed by atoms with Crippen LogP contribution in [0.25, 0.3) is 22.3 Å². The Labute approximate surface area is 155 Å². The van der Waals surface area contributed by atoms with E-state index in [4.69, 9.17) is 15.3 Å². The number of aromatic hydroxyl groups is 1. The van der Waals surface area contributed by atoms with E-state index in [-0.39, 0.29) is 17.7 Å². The lowest BCUT2D eigenvalue weighted by molar-refractivity contribution is 0.373. The Bertz CT molecular complexity index is 1100. The predicted octanol–water partition coefficient (Wildman–Crippen LogP) is 4.21. The molecule has 0 spiro atoms. The Hall–Kier alpha value is -3.90. The second-order valence-corrected chi connectivity index (χ2v) is 5.75. The lowest BCUT2D eigenvalue weighted by Gasteiger charge is -2.15. The van der Waals surface area contributed by atoms with Crippen LogP contribution in [-0.4, -0.2) is 17.2 Å². The molecule has 3 aromatic rings. The molecule has 0 amide bonds. The zero-order chi connectivity index (χ0) is 19.4. The summed E-state index contributed by atoms with van der Waals surface area (Å²) in [5.41, 5.74) is 2.97. The van der Waals surface area contributed by atoms with E-state index in [1.54, 1.807) is 36.7 Å². The first-order valence-electron chi connectivity index (χ1n) is 8.00. The molecule has 0 unspecified atom stereocenters. The van der Waals surface area contributed by atoms with Crippen molar-refractivity contribution >= 4 is 0 Å². The van der Waals surface area contributed by atoms with Crippen molar-refractivity contribution in [1.29, 1.82) is 10.5 Å². The van der Waals surface area contributed by atoms with Crippen molar-refractivity contribution in [3.05, 3.63) is 65.7 Å². The van der Waals surface area contributed by atoms with Gasteiger partial charge in [-0.3, -0.25) is 4.98 Å². The summed E-state index contributed by atoms with van der Waals surface area (Å²) in [6.45, 7) is 0. The fraction of sp³-hybridized carbons (Fsp3) is 0.0952. The third-order valence-electron chi connectivity index (χ3n) is 4.16. The predicted molar refractivity (Wildman–Crippen MR) is 97.3 cm³/mol. The molecule has 0 atom stereocenters. The van der Waals surface area contributed by atoms with Crippen molar-refractivity contribution < 1.29 is 14.2 Å². The Kier molecular flexibility index (Phi) is 5.01. The average Bonchev–Trinajstić information content (AvgIpc) is 2.68. The van der Waals surface area contributed by atoms with E-state index in [1.807, 2.05) is 0 Å². The Morgan fingerprint density at radius 2 is 1.89 bits per heavy atom. The van der Waals surface area contributed by atoms with E-state index in [0.29, 0.717) is 33.6 Å². The molecule has 0 aliphatic rings. The number of aromatic nitrogens is 1. The number of hydrogen-bond acceptors (Lipinski definition) is 5. The molecule has 1 heterocycles. The number of phenols is 1. The third kappa shape index (κ3) is 3.42. The van der Waals surface area contributed by atoms with Gasteiger partial charge < -0.3 is 9.84 Å². The highest BCUT2D eigenvalue weighted by Gasteiger charge is 2.16. The highest BCUT2D eigenvalue weighted by molar-refractivity contribution is 5.86. The molecule has 0 radical (unpaired) electrons. The summed E-state index contributed by atoms with van der Waals surface area (Å²) in [7, 11) is 1.45. The first-order chi connectivity index (χ1) is 13.1. The smallest absolute Gasteiger partial charge is 0.160 e. The van der Waals surface area contributed by atoms with Gasteiger partial charge in [0.2, 0.25) is 0 Å². The fourth-order valence-electron chi connectivity index (χ4n) is 2.90. The van der Waals surface area contributed by atoms with Crippen LogP contribution in [-0.2, 0) is 6.42 Å². The second kappa shape index (κ2) is 7.55. The second-order valence-electron chi connectivity index (χ2n) is 5.75. The maximum atomic E-state index is 14.2. The molecule has 0 saturated heterocycles. The van der Waals surface area contributed by atoms with Crippen LogP contribution in [0.5, 0.6) is 11.5 Å². The van der Waals surface area contributed by atoms with Crippen molar-refractivity contribution in [3.63, 3.8) is 0 Å². The Morgan fingerprint density at radius 3 is 2.52 bits per heavy atom. The molecule has 5 nitrogen and oxygen atoms in total. The van der Waals surface area contributed by atoms with E-state index in [2.05, 4.69) is 11.1 Å². The molecule has 0 bridgehead atoms. The summed E-state index contributed by atoms with van der Waals surface area (Å²) < 4.78 is 19.3. The number of nitrogens with zero attached hydrogens (tertiary/aromatic N) is 3. The molecule has 0 aliphatic heterocycles. The standard InChI is InChI=1S/C21H14FN3O2/c1-27-20-5-4-13(9-19(20)26)17-12-25-11-16(6-7-23)21(17)14-2-3-15(10-24)18(22)8-14/h2-5,8-9,11-12,26H,6H2,1H3. The van der Waals surface area contributed by atoms with Gasteiger partial charge in [-0.05, 0) is 46.5 Å². The van der Waals surface area contributed by atoms with Crippen molar-refractivity contribution in [2.75, 3.05) is 7.11 Å². The lowest BCUT2D eigenvalue weighted by Crippen LogP contribution is -1.96. The largest absolute Gasteiger partial charge is 0.504 e. The zero-order valence-corrected chi connectivity index (χ0v) is 14.4. The minimum absolute atomic E-state index is 0.0438. The van der Waals surface area contributed by atoms with Crippen molar-refractivity contribution in [2.24, 2.45) is 0 Å². The first-order valence-corrected chi connectivity index (χ1v) is 8.00. The van der Waals surface area contributed by atoms with Gasteiger partial charge in [0, 0.05) is 18.0 Å². The van der Waals surface area contributed by atoms with Gasteiger partial charge in [-0.15, -0.1) is 0 Å². The quantitative estimate of drug-likeness (QED) is 0.754. The number of nitriles is 2. The van der Waals surface area contributed by atoms with Crippen molar-refractivity contribution in [2.45, 2.75) is 6.42 Å². The van der Waals surface area contributed by atoms with E-state index < -0.39 is 5.82 Å². The van der Waals surface area contributed by atoms with Crippen molar-refractivity contribution in [3.8, 4) is 45.9 Å². The van der Waals surface area contributed by atoms with Crippen LogP contribution in [0.2, 0.25) is 0 Å². The molecule has 132 valence electrons. The highest BCUT2D eigenvalue weighted by Crippen LogP contribution is 2.38. The highest BCUT2D eigenvalue weighted by atomic mass is 19.1. The van der Waals surface area contributed by atoms with Gasteiger partial charge >= 0.3 is 0 Å². The number of hydrogen-bond donors (Lipinski definition) is 1. The SMILES string of the molecule is COc1ccc(-c2cncc(CC#N)c2-c2ccc(C#N)c(F)c2)cc1O. The molecule has 2 aromatic carbocycles. The fourth-order valence-corrected chi connectivity index (χ4v) is 2.90. The maximum absolute atomic E-state index is 14.2. The van der Waals surface area contributed by atoms with E-state index in [1.165, 1.54) is 25.3 Å². The van der Waals surface area contributed by atoms with Gasteiger partial charge in [-0.2, -0.15) is 10.5 Å². The molecule has 3 rings (SSSR count). The number of halogens is 1. The number of rotatable bonds is 4. The summed E-state index contributed by atoms with van der Waals surface area (Å²) in [4.78, 5) is 4.18. The molecule has 1 aromatic heterocycles. The first kappa shape index (κ1) is 17.9. The molecule has 6 heteroatoms. The van der Waals surface area contributed by atoms with Gasteiger partial charge in [-0.25, -0.2) is 4.39 Å². The zero-order valence-electron chi connectivity index (χ0n) is 14.4. The summed E-state index contributed by atoms with van der Waals surface area (Å²) in [5.74, 6) is -0.359. The van der Waals surface area contributed by atoms with E-state index >= 15 is 0 Å². The molecular weight excluding hydrogens is 345 g/mol. The van der Waals surface area contributed by atoms with Gasteiger partial charge in [-0.1, -0.05) is 12.1 Å². The summed E-state index contributed by atoms with van der Waals surface area (Å²) >= 11 is 0. The van der Waals surface area contributed by atoms with Crippen LogP contribution in [0.1, 0.15) is 11.1 Å². The number of methoxy groups -OCH3 is 1. The van der Waals surface area contributed by atoms with Gasteiger partial charge in [0.05, 0.1) is 25.2 Å². The minimum Gasteiger partial charge on any atom is -0.504 e. The van der Waals surface area contributed by atoms with Crippen LogP contribution in [0.15, 0.2) is 48.8 Å². The Morgan fingerprint density at radius 1 is 1.11 bits per heavy atom. The molecule has 0 aliphatic carbocycles. The summed E-state index contributed by atoms with van der Waals surface area (Å²) in [6.07, 6.45) is 3.23. The number of benzene rings is 2. The maximum Gasteiger partial charge on any atom is 0.160 e. The van der Waals surface area contributed by atoms with Crippen LogP contribution in [0.3, 0.4) is 0 Å². The average molecular weight is 359 g/mol. The Balaban J connectivity index is 2.26. The molecule has 27 heavy (non-hydrogen) atoms. The molecular formula is C21H14FN3O2. The van der Waals surface area contributed by atoms with E-state index in [0.717, 1.165) is 0 Å². The normalized spacial score (nSPS) is 10.1. The van der Waals surface area contributed by atoms with Crippen LogP contribution in [0.4, 0.5) is 4.39 Å². The van der Waals surface area contributed by atoms with Crippen LogP contribution in [0, 0.1) is 28.5 Å². The molecule has 0 fully saturated rings. The minimum atomic E-state index is -0.641. The third-order valence-corrected chi connectivity index (χ3v) is 4.16. The van der Waals surface area contributed by atoms with Gasteiger partial charge in [0.25, 0.3) is 0 Å². The van der Waals surface area contributed by atoms with Crippen LogP contribution >= 0.6 is 0 Å². The topological polar surface area (TPSA) is 89.9 Å². The van der Waals surface area contributed by atoms with E-state index in [9.17, 15) is 9.50 Å². The number of ether oxygens (including phenoxy) is 1. The molecule has 1 N–H and O–H groups in total.